The summed E-state index contributed by atoms with van der Waals surface area (Å²) in [5.74, 6) is 0. The van der Waals surface area contributed by atoms with Gasteiger partial charge >= 0.3 is 0 Å². The smallest absolute Gasteiger partial charge is 0.0159 e. The third-order valence-electron chi connectivity index (χ3n) is 12.4. The predicted molar refractivity (Wildman–Crippen MR) is 215 cm³/mol. The van der Waals surface area contributed by atoms with E-state index in [-0.39, 0.29) is 10.8 Å². The van der Waals surface area contributed by atoms with Crippen LogP contribution in [0.2, 0.25) is 0 Å². The molecule has 0 radical (unpaired) electrons. The highest BCUT2D eigenvalue weighted by Gasteiger charge is 2.43. The van der Waals surface area contributed by atoms with Gasteiger partial charge in [0.25, 0.3) is 0 Å². The number of hydrogen-bond donors (Lipinski definition) is 0. The van der Waals surface area contributed by atoms with Crippen molar-refractivity contribution in [3.63, 3.8) is 0 Å². The fraction of sp³-hybridized carbons (Fsp3) is 0.120. The summed E-state index contributed by atoms with van der Waals surface area (Å²) in [5, 5.41) is 13.3. The third kappa shape index (κ3) is 3.46. The molecule has 0 amide bonds. The maximum atomic E-state index is 2.58. The van der Waals surface area contributed by atoms with Gasteiger partial charge in [-0.05, 0) is 134 Å². The quantitative estimate of drug-likeness (QED) is 0.157. The van der Waals surface area contributed by atoms with E-state index in [0.717, 1.165) is 0 Å². The monoisotopic (exact) mass is 636 g/mol. The highest BCUT2D eigenvalue weighted by Crippen LogP contribution is 2.59. The molecule has 11 rings (SSSR count). The van der Waals surface area contributed by atoms with Crippen LogP contribution in [0, 0.1) is 0 Å². The van der Waals surface area contributed by atoms with Gasteiger partial charge in [-0.25, -0.2) is 0 Å². The summed E-state index contributed by atoms with van der Waals surface area (Å²) < 4.78 is 0. The lowest BCUT2D eigenvalue weighted by atomic mass is 9.77. The van der Waals surface area contributed by atoms with E-state index in [1.54, 1.807) is 0 Å². The summed E-state index contributed by atoms with van der Waals surface area (Å²) in [6.45, 7) is 9.74. The van der Waals surface area contributed by atoms with Crippen LogP contribution in [0.1, 0.15) is 49.9 Å². The van der Waals surface area contributed by atoms with E-state index >= 15 is 0 Å². The SMILES string of the molecule is CC1(C)c2cc3c(cc2-c2cc4c5ccccc5c5ccccc5c4cc21)-c1c(cc(-c2cccc4ccccc24)c2ccccc12)C3(C)C. The first-order chi connectivity index (χ1) is 24.3. The van der Waals surface area contributed by atoms with Crippen molar-refractivity contribution in [1.29, 1.82) is 0 Å². The van der Waals surface area contributed by atoms with Crippen LogP contribution < -0.4 is 0 Å². The Balaban J connectivity index is 1.21. The van der Waals surface area contributed by atoms with Crippen LogP contribution in [0.5, 0.6) is 0 Å². The van der Waals surface area contributed by atoms with Gasteiger partial charge in [-0.3, -0.25) is 0 Å². The Morgan fingerprint density at radius 3 is 1.46 bits per heavy atom. The minimum Gasteiger partial charge on any atom is -0.0616 e. The Bertz CT molecular complexity index is 2960. The van der Waals surface area contributed by atoms with Crippen molar-refractivity contribution in [2.24, 2.45) is 0 Å². The zero-order valence-corrected chi connectivity index (χ0v) is 28.9. The topological polar surface area (TPSA) is 0 Å². The molecular formula is C50H36. The molecular weight excluding hydrogens is 601 g/mol. The lowest BCUT2D eigenvalue weighted by Crippen LogP contribution is -2.19. The van der Waals surface area contributed by atoms with E-state index in [4.69, 9.17) is 0 Å². The van der Waals surface area contributed by atoms with E-state index in [1.165, 1.54) is 109 Å². The molecule has 0 nitrogen and oxygen atoms in total. The molecule has 0 saturated heterocycles. The molecule has 0 fully saturated rings. The van der Waals surface area contributed by atoms with E-state index in [1.807, 2.05) is 0 Å². The molecule has 0 N–H and O–H groups in total. The molecule has 0 heterocycles. The van der Waals surface area contributed by atoms with Crippen molar-refractivity contribution in [3.8, 4) is 33.4 Å². The Kier molecular flexibility index (Phi) is 5.34. The van der Waals surface area contributed by atoms with Crippen LogP contribution in [0.25, 0.3) is 87.2 Å². The first kappa shape index (κ1) is 28.2. The Hall–Kier alpha value is -5.72. The molecule has 0 heteroatoms. The highest BCUT2D eigenvalue weighted by molar-refractivity contribution is 6.26. The van der Waals surface area contributed by atoms with Crippen molar-refractivity contribution >= 4 is 53.9 Å². The lowest BCUT2D eigenvalue weighted by molar-refractivity contribution is 0.640. The summed E-state index contributed by atoms with van der Waals surface area (Å²) in [5.41, 5.74) is 13.6. The Morgan fingerprint density at radius 2 is 0.760 bits per heavy atom. The van der Waals surface area contributed by atoms with Crippen LogP contribution in [0.4, 0.5) is 0 Å². The number of rotatable bonds is 1. The fourth-order valence-electron chi connectivity index (χ4n) is 9.89. The summed E-state index contributed by atoms with van der Waals surface area (Å²) in [4.78, 5) is 0. The minimum atomic E-state index is -0.148. The van der Waals surface area contributed by atoms with Gasteiger partial charge in [-0.1, -0.05) is 149 Å². The van der Waals surface area contributed by atoms with Gasteiger partial charge in [0.1, 0.15) is 0 Å². The normalized spacial score (nSPS) is 15.1. The molecule has 9 aromatic rings. The van der Waals surface area contributed by atoms with Crippen LogP contribution in [-0.2, 0) is 10.8 Å². The highest BCUT2D eigenvalue weighted by atomic mass is 14.5. The summed E-state index contributed by atoms with van der Waals surface area (Å²) in [6.07, 6.45) is 0. The van der Waals surface area contributed by atoms with Gasteiger partial charge in [0.05, 0.1) is 0 Å². The summed E-state index contributed by atoms with van der Waals surface area (Å²) >= 11 is 0. The Labute approximate surface area is 292 Å². The molecule has 0 unspecified atom stereocenters. The van der Waals surface area contributed by atoms with E-state index < -0.39 is 0 Å². The Morgan fingerprint density at radius 1 is 0.280 bits per heavy atom. The molecule has 0 aliphatic heterocycles. The second kappa shape index (κ2) is 9.49. The molecule has 50 heavy (non-hydrogen) atoms. The van der Waals surface area contributed by atoms with Gasteiger partial charge in [0, 0.05) is 10.8 Å². The number of hydrogen-bond acceptors (Lipinski definition) is 0. The average Bonchev–Trinajstić information content (AvgIpc) is 3.51. The first-order valence-corrected chi connectivity index (χ1v) is 17.9. The maximum absolute atomic E-state index is 2.58. The largest absolute Gasteiger partial charge is 0.0616 e. The van der Waals surface area contributed by atoms with Crippen molar-refractivity contribution in [1.82, 2.24) is 0 Å². The molecule has 0 bridgehead atoms. The van der Waals surface area contributed by atoms with Gasteiger partial charge in [0.2, 0.25) is 0 Å². The van der Waals surface area contributed by atoms with Crippen LogP contribution in [0.3, 0.4) is 0 Å². The molecule has 0 atom stereocenters. The fourth-order valence-corrected chi connectivity index (χ4v) is 9.89. The molecule has 0 saturated carbocycles. The van der Waals surface area contributed by atoms with Crippen LogP contribution in [0.15, 0.2) is 146 Å². The standard InChI is InChI=1S/C50H36/c1-49(2)44-26-40-35-20-10-8-18-33(35)32-17-7-9-19-34(32)38(40)24-41(44)42-25-43-46(28-45(42)49)50(3,4)47-27-39(36-21-11-12-22-37(36)48(43)47)31-23-13-15-29-14-5-6-16-30(29)31/h5-28H,1-4H3. The number of fused-ring (bicyclic) bond motifs is 15. The predicted octanol–water partition coefficient (Wildman–Crippen LogP) is 13.7. The minimum absolute atomic E-state index is 0.123. The van der Waals surface area contributed by atoms with Crippen molar-refractivity contribution in [2.45, 2.75) is 38.5 Å². The van der Waals surface area contributed by atoms with E-state index in [0.29, 0.717) is 0 Å². The van der Waals surface area contributed by atoms with Crippen LogP contribution >= 0.6 is 0 Å². The molecule has 0 aromatic heterocycles. The van der Waals surface area contributed by atoms with E-state index in [9.17, 15) is 0 Å². The van der Waals surface area contributed by atoms with Gasteiger partial charge < -0.3 is 0 Å². The second-order valence-electron chi connectivity index (χ2n) is 15.6. The maximum Gasteiger partial charge on any atom is 0.0159 e. The summed E-state index contributed by atoms with van der Waals surface area (Å²) in [6, 6.07) is 55.2. The van der Waals surface area contributed by atoms with Crippen molar-refractivity contribution in [2.75, 3.05) is 0 Å². The zero-order chi connectivity index (χ0) is 33.5. The second-order valence-corrected chi connectivity index (χ2v) is 15.6. The van der Waals surface area contributed by atoms with Gasteiger partial charge in [0.15, 0.2) is 0 Å². The molecule has 0 spiro atoms. The van der Waals surface area contributed by atoms with Crippen molar-refractivity contribution < 1.29 is 0 Å². The first-order valence-electron chi connectivity index (χ1n) is 17.9. The zero-order valence-electron chi connectivity index (χ0n) is 28.9. The molecule has 9 aromatic carbocycles. The van der Waals surface area contributed by atoms with Crippen LogP contribution in [-0.4, -0.2) is 0 Å². The molecule has 236 valence electrons. The van der Waals surface area contributed by atoms with Gasteiger partial charge in [-0.15, -0.1) is 0 Å². The number of benzene rings is 9. The summed E-state index contributed by atoms with van der Waals surface area (Å²) in [7, 11) is 0. The van der Waals surface area contributed by atoms with Gasteiger partial charge in [-0.2, -0.15) is 0 Å². The lowest BCUT2D eigenvalue weighted by Gasteiger charge is -2.26. The third-order valence-corrected chi connectivity index (χ3v) is 12.4. The average molecular weight is 637 g/mol. The van der Waals surface area contributed by atoms with E-state index in [2.05, 4.69) is 173 Å². The molecule has 2 aliphatic rings. The van der Waals surface area contributed by atoms with Crippen molar-refractivity contribution in [3.05, 3.63) is 168 Å². The molecule has 2 aliphatic carbocycles.